The van der Waals surface area contributed by atoms with Crippen molar-refractivity contribution in [2.75, 3.05) is 0 Å². The molecule has 0 fully saturated rings. The highest BCUT2D eigenvalue weighted by Crippen LogP contribution is 2.16. The quantitative estimate of drug-likeness (QED) is 0.662. The van der Waals surface area contributed by atoms with Gasteiger partial charge in [0.25, 0.3) is 10.1 Å². The summed E-state index contributed by atoms with van der Waals surface area (Å²) in [5.74, 6) is -2.71. The Labute approximate surface area is 96.1 Å². The Hall–Kier alpha value is -1.93. The van der Waals surface area contributed by atoms with Gasteiger partial charge in [0.2, 0.25) is 0 Å². The van der Waals surface area contributed by atoms with Gasteiger partial charge >= 0.3 is 11.9 Å². The molecule has 3 N–H and O–H groups in total. The number of hydrogen-bond donors (Lipinski definition) is 3. The normalized spacial score (nSPS) is 11.1. The highest BCUT2D eigenvalue weighted by Gasteiger charge is 2.17. The van der Waals surface area contributed by atoms with Gasteiger partial charge in [-0.1, -0.05) is 6.07 Å². The van der Waals surface area contributed by atoms with Gasteiger partial charge in [-0.25, -0.2) is 4.79 Å². The standard InChI is InChI=1S/C9H8O7S/c10-8(11)3-5-1-2-6(17(14,15)16)4-7(5)9(12)13/h1-2,4H,3H2,(H,10,11)(H,12,13)(H,14,15,16). The van der Waals surface area contributed by atoms with Crippen LogP contribution in [0.3, 0.4) is 0 Å². The van der Waals surface area contributed by atoms with Crippen molar-refractivity contribution in [1.82, 2.24) is 0 Å². The molecule has 0 aliphatic carbocycles. The molecule has 0 bridgehead atoms. The molecule has 0 amide bonds. The van der Waals surface area contributed by atoms with E-state index in [0.717, 1.165) is 18.2 Å². The van der Waals surface area contributed by atoms with E-state index in [2.05, 4.69) is 0 Å². The molecule has 0 spiro atoms. The minimum Gasteiger partial charge on any atom is -0.481 e. The van der Waals surface area contributed by atoms with Crippen molar-refractivity contribution in [3.63, 3.8) is 0 Å². The van der Waals surface area contributed by atoms with Gasteiger partial charge in [0, 0.05) is 0 Å². The topological polar surface area (TPSA) is 129 Å². The van der Waals surface area contributed by atoms with Crippen molar-refractivity contribution in [3.05, 3.63) is 29.3 Å². The van der Waals surface area contributed by atoms with Crippen molar-refractivity contribution in [3.8, 4) is 0 Å². The number of benzene rings is 1. The predicted octanol–water partition coefficient (Wildman–Crippen LogP) is 0.259. The van der Waals surface area contributed by atoms with Crippen molar-refractivity contribution in [2.24, 2.45) is 0 Å². The Morgan fingerprint density at radius 2 is 1.76 bits per heavy atom. The molecule has 1 aromatic rings. The molecule has 7 nitrogen and oxygen atoms in total. The summed E-state index contributed by atoms with van der Waals surface area (Å²) in [6, 6.07) is 2.71. The first kappa shape index (κ1) is 13.1. The molecule has 0 heterocycles. The fourth-order valence-electron chi connectivity index (χ4n) is 1.23. The highest BCUT2D eigenvalue weighted by molar-refractivity contribution is 7.85. The van der Waals surface area contributed by atoms with E-state index in [0.29, 0.717) is 0 Å². The summed E-state index contributed by atoms with van der Waals surface area (Å²) >= 11 is 0. The van der Waals surface area contributed by atoms with Gasteiger partial charge in [0.15, 0.2) is 0 Å². The molecule has 1 rings (SSSR count). The maximum atomic E-state index is 10.8. The van der Waals surface area contributed by atoms with Crippen molar-refractivity contribution >= 4 is 22.1 Å². The first-order valence-electron chi connectivity index (χ1n) is 4.27. The van der Waals surface area contributed by atoms with Crippen LogP contribution in [0.15, 0.2) is 23.1 Å². The van der Waals surface area contributed by atoms with Gasteiger partial charge in [0.05, 0.1) is 16.9 Å². The molecule has 0 aliphatic heterocycles. The summed E-state index contributed by atoms with van der Waals surface area (Å²) in [6.07, 6.45) is -0.548. The first-order chi connectivity index (χ1) is 7.71. The molecule has 1 aromatic carbocycles. The first-order valence-corrected chi connectivity index (χ1v) is 5.71. The summed E-state index contributed by atoms with van der Waals surface area (Å²) in [4.78, 5) is 20.7. The highest BCUT2D eigenvalue weighted by atomic mass is 32.2. The summed E-state index contributed by atoms with van der Waals surface area (Å²) in [5.41, 5.74) is -0.514. The van der Waals surface area contributed by atoms with E-state index >= 15 is 0 Å². The largest absolute Gasteiger partial charge is 0.481 e. The number of rotatable bonds is 4. The zero-order valence-electron chi connectivity index (χ0n) is 8.32. The zero-order chi connectivity index (χ0) is 13.2. The third-order valence-electron chi connectivity index (χ3n) is 1.95. The van der Waals surface area contributed by atoms with Crippen LogP contribution < -0.4 is 0 Å². The Bertz CT molecular complexity index is 573. The molecule has 0 unspecified atom stereocenters. The average Bonchev–Trinajstić information content (AvgIpc) is 2.15. The van der Waals surface area contributed by atoms with Gasteiger partial charge in [0.1, 0.15) is 0 Å². The molecular formula is C9H8O7S. The van der Waals surface area contributed by atoms with E-state index in [1.54, 1.807) is 0 Å². The van der Waals surface area contributed by atoms with E-state index in [9.17, 15) is 18.0 Å². The smallest absolute Gasteiger partial charge is 0.336 e. The van der Waals surface area contributed by atoms with Gasteiger partial charge in [-0.3, -0.25) is 9.35 Å². The van der Waals surface area contributed by atoms with E-state index in [4.69, 9.17) is 14.8 Å². The Kier molecular flexibility index (Phi) is 3.49. The van der Waals surface area contributed by atoms with E-state index in [1.165, 1.54) is 0 Å². The van der Waals surface area contributed by atoms with Crippen LogP contribution in [0.2, 0.25) is 0 Å². The summed E-state index contributed by atoms with van der Waals surface area (Å²) < 4.78 is 30.3. The molecule has 92 valence electrons. The van der Waals surface area contributed by atoms with Gasteiger partial charge in [-0.15, -0.1) is 0 Å². The monoisotopic (exact) mass is 260 g/mol. The molecule has 0 atom stereocenters. The fourth-order valence-corrected chi connectivity index (χ4v) is 1.74. The van der Waals surface area contributed by atoms with Crippen LogP contribution >= 0.6 is 0 Å². The van der Waals surface area contributed by atoms with Gasteiger partial charge in [-0.05, 0) is 17.7 Å². The number of hydrogen-bond acceptors (Lipinski definition) is 4. The lowest BCUT2D eigenvalue weighted by atomic mass is 10.1. The summed E-state index contributed by atoms with van der Waals surface area (Å²) in [6.45, 7) is 0. The maximum absolute atomic E-state index is 10.8. The van der Waals surface area contributed by atoms with Crippen molar-refractivity contribution in [1.29, 1.82) is 0 Å². The predicted molar refractivity (Wildman–Crippen MR) is 54.6 cm³/mol. The van der Waals surface area contributed by atoms with Crippen LogP contribution in [0.1, 0.15) is 15.9 Å². The minimum atomic E-state index is -4.51. The van der Waals surface area contributed by atoms with Crippen LogP contribution in [0, 0.1) is 0 Å². The fraction of sp³-hybridized carbons (Fsp3) is 0.111. The lowest BCUT2D eigenvalue weighted by Gasteiger charge is -2.05. The summed E-state index contributed by atoms with van der Waals surface area (Å²) in [7, 11) is -4.51. The van der Waals surface area contributed by atoms with Crippen LogP contribution in [0.25, 0.3) is 0 Å². The Balaban J connectivity index is 3.37. The van der Waals surface area contributed by atoms with E-state index in [1.807, 2.05) is 0 Å². The number of aromatic carboxylic acids is 1. The molecule has 0 saturated heterocycles. The second kappa shape index (κ2) is 4.52. The molecular weight excluding hydrogens is 252 g/mol. The number of carboxylic acids is 2. The van der Waals surface area contributed by atoms with Crippen LogP contribution in [0.4, 0.5) is 0 Å². The number of carboxylic acid groups (broad SMARTS) is 2. The Morgan fingerprint density at radius 3 is 2.18 bits per heavy atom. The number of carbonyl (C=O) groups is 2. The lowest BCUT2D eigenvalue weighted by molar-refractivity contribution is -0.136. The van der Waals surface area contributed by atoms with Gasteiger partial charge in [-0.2, -0.15) is 8.42 Å². The van der Waals surface area contributed by atoms with Crippen LogP contribution in [-0.2, 0) is 21.3 Å². The number of aliphatic carboxylic acids is 1. The maximum Gasteiger partial charge on any atom is 0.336 e. The second-order valence-electron chi connectivity index (χ2n) is 3.17. The molecule has 0 aromatic heterocycles. The van der Waals surface area contributed by atoms with E-state index in [-0.39, 0.29) is 5.56 Å². The van der Waals surface area contributed by atoms with Crippen molar-refractivity contribution < 1.29 is 32.8 Å². The van der Waals surface area contributed by atoms with Gasteiger partial charge < -0.3 is 10.2 Å². The zero-order valence-corrected chi connectivity index (χ0v) is 9.14. The molecule has 0 saturated carbocycles. The molecule has 0 radical (unpaired) electrons. The second-order valence-corrected chi connectivity index (χ2v) is 4.59. The van der Waals surface area contributed by atoms with E-state index < -0.39 is 38.9 Å². The SMILES string of the molecule is O=C(O)Cc1ccc(S(=O)(=O)O)cc1C(=O)O. The van der Waals surface area contributed by atoms with Crippen molar-refractivity contribution in [2.45, 2.75) is 11.3 Å². The van der Waals surface area contributed by atoms with Crippen LogP contribution in [0.5, 0.6) is 0 Å². The molecule has 17 heavy (non-hydrogen) atoms. The molecule has 0 aliphatic rings. The molecule has 8 heteroatoms. The third-order valence-corrected chi connectivity index (χ3v) is 2.80. The van der Waals surface area contributed by atoms with Crippen LogP contribution in [-0.4, -0.2) is 35.1 Å². The minimum absolute atomic E-state index is 0.0441. The Morgan fingerprint density at radius 1 is 1.18 bits per heavy atom. The third kappa shape index (κ3) is 3.26. The lowest BCUT2D eigenvalue weighted by Crippen LogP contribution is -2.10. The average molecular weight is 260 g/mol. The summed E-state index contributed by atoms with van der Waals surface area (Å²) in [5, 5.41) is 17.3.